The van der Waals surface area contributed by atoms with E-state index in [0.29, 0.717) is 12.4 Å². The molecule has 2 rings (SSSR count). The molecule has 1 aromatic rings. The highest BCUT2D eigenvalue weighted by Crippen LogP contribution is 2.34. The monoisotopic (exact) mass is 396 g/mol. The van der Waals surface area contributed by atoms with Crippen LogP contribution in [-0.4, -0.2) is 48.9 Å². The maximum Gasteiger partial charge on any atom is 0.242 e. The van der Waals surface area contributed by atoms with Crippen LogP contribution in [0.1, 0.15) is 12.8 Å². The van der Waals surface area contributed by atoms with Crippen LogP contribution in [0.5, 0.6) is 5.75 Å². The van der Waals surface area contributed by atoms with Crippen molar-refractivity contribution in [1.82, 2.24) is 10.0 Å². The molecule has 0 aromatic heterocycles. The average molecular weight is 397 g/mol. The molecule has 2 N–H and O–H groups in total. The number of benzene rings is 1. The molecule has 1 fully saturated rings. The van der Waals surface area contributed by atoms with Crippen LogP contribution in [0.3, 0.4) is 0 Å². The van der Waals surface area contributed by atoms with Crippen molar-refractivity contribution in [1.29, 1.82) is 0 Å². The third-order valence-corrected chi connectivity index (χ3v) is 6.41. The third-order valence-electron chi connectivity index (χ3n) is 4.25. The first-order valence-corrected chi connectivity index (χ1v) is 9.80. The Labute approximate surface area is 152 Å². The van der Waals surface area contributed by atoms with Crippen molar-refractivity contribution >= 4 is 33.2 Å². The Balaban J connectivity index is 2.20. The molecule has 1 heterocycles. The molecule has 1 saturated heterocycles. The minimum absolute atomic E-state index is 0.0588. The van der Waals surface area contributed by atoms with Crippen molar-refractivity contribution in [2.75, 3.05) is 40.5 Å². The molecule has 9 heteroatoms. The van der Waals surface area contributed by atoms with Crippen LogP contribution in [0.25, 0.3) is 0 Å². The summed E-state index contributed by atoms with van der Waals surface area (Å²) in [5.74, 6) is 0.329. The van der Waals surface area contributed by atoms with Crippen molar-refractivity contribution in [3.05, 3.63) is 22.2 Å². The van der Waals surface area contributed by atoms with Gasteiger partial charge in [-0.1, -0.05) is 23.2 Å². The van der Waals surface area contributed by atoms with Crippen molar-refractivity contribution < 1.29 is 17.9 Å². The molecule has 0 aliphatic carbocycles. The SMILES string of the molecule is COCC1(CNS(=O)(=O)c2cc(Cl)c(OC)cc2Cl)CCNCC1. The van der Waals surface area contributed by atoms with Gasteiger partial charge in [0.05, 0.1) is 23.8 Å². The first-order valence-electron chi connectivity index (χ1n) is 7.56. The van der Waals surface area contributed by atoms with Gasteiger partial charge >= 0.3 is 0 Å². The lowest BCUT2D eigenvalue weighted by Gasteiger charge is -2.37. The number of ether oxygens (including phenoxy) is 2. The largest absolute Gasteiger partial charge is 0.495 e. The Morgan fingerprint density at radius 2 is 1.88 bits per heavy atom. The van der Waals surface area contributed by atoms with Crippen molar-refractivity contribution in [3.63, 3.8) is 0 Å². The van der Waals surface area contributed by atoms with Crippen molar-refractivity contribution in [2.24, 2.45) is 5.41 Å². The summed E-state index contributed by atoms with van der Waals surface area (Å²) in [6, 6.07) is 2.70. The maximum atomic E-state index is 12.6. The van der Waals surface area contributed by atoms with E-state index in [1.165, 1.54) is 19.2 Å². The number of sulfonamides is 1. The quantitative estimate of drug-likeness (QED) is 0.739. The average Bonchev–Trinajstić information content (AvgIpc) is 2.56. The highest BCUT2D eigenvalue weighted by atomic mass is 35.5. The number of hydrogen-bond donors (Lipinski definition) is 2. The summed E-state index contributed by atoms with van der Waals surface area (Å²) in [5.41, 5.74) is -0.226. The summed E-state index contributed by atoms with van der Waals surface area (Å²) >= 11 is 12.1. The Morgan fingerprint density at radius 1 is 1.21 bits per heavy atom. The molecule has 1 aliphatic heterocycles. The molecule has 0 amide bonds. The first kappa shape index (κ1) is 19.8. The molecule has 0 bridgehead atoms. The third kappa shape index (κ3) is 4.53. The van der Waals surface area contributed by atoms with Crippen LogP contribution in [0.15, 0.2) is 17.0 Å². The van der Waals surface area contributed by atoms with Crippen molar-refractivity contribution in [2.45, 2.75) is 17.7 Å². The fraction of sp³-hybridized carbons (Fsp3) is 0.600. The van der Waals surface area contributed by atoms with Gasteiger partial charge in [-0.3, -0.25) is 0 Å². The maximum absolute atomic E-state index is 12.6. The van der Waals surface area contributed by atoms with Gasteiger partial charge < -0.3 is 14.8 Å². The molecule has 0 saturated carbocycles. The molecule has 0 atom stereocenters. The molecule has 0 radical (unpaired) electrons. The molecule has 1 aromatic carbocycles. The van der Waals surface area contributed by atoms with E-state index < -0.39 is 10.0 Å². The van der Waals surface area contributed by atoms with Crippen LogP contribution in [0.4, 0.5) is 0 Å². The molecular formula is C15H22Cl2N2O4S. The van der Waals surface area contributed by atoms with E-state index in [-0.39, 0.29) is 26.9 Å². The smallest absolute Gasteiger partial charge is 0.242 e. The Hall–Kier alpha value is -0.570. The highest BCUT2D eigenvalue weighted by Gasteiger charge is 2.34. The van der Waals surface area contributed by atoms with Gasteiger partial charge in [-0.2, -0.15) is 0 Å². The van der Waals surface area contributed by atoms with Gasteiger partial charge in [0, 0.05) is 25.1 Å². The summed E-state index contributed by atoms with van der Waals surface area (Å²) < 4.78 is 38.3. The Bertz CT molecular complexity index is 671. The van der Waals surface area contributed by atoms with Crippen LogP contribution in [0.2, 0.25) is 10.0 Å². The normalized spacial score (nSPS) is 17.7. The molecule has 0 spiro atoms. The topological polar surface area (TPSA) is 76.7 Å². The summed E-state index contributed by atoms with van der Waals surface area (Å²) in [4.78, 5) is -0.0588. The number of piperidine rings is 1. The number of halogens is 2. The van der Waals surface area contributed by atoms with E-state index in [1.54, 1.807) is 7.11 Å². The zero-order chi connectivity index (χ0) is 17.8. The second-order valence-corrected chi connectivity index (χ2v) is 8.47. The van der Waals surface area contributed by atoms with Gasteiger partial charge in [-0.05, 0) is 32.0 Å². The molecule has 6 nitrogen and oxygen atoms in total. The van der Waals surface area contributed by atoms with Gasteiger partial charge in [0.1, 0.15) is 10.6 Å². The van der Waals surface area contributed by atoms with E-state index in [4.69, 9.17) is 32.7 Å². The van der Waals surface area contributed by atoms with Crippen LogP contribution in [-0.2, 0) is 14.8 Å². The fourth-order valence-electron chi connectivity index (χ4n) is 2.83. The Kier molecular flexibility index (Phi) is 6.75. The zero-order valence-corrected chi connectivity index (χ0v) is 16.0. The van der Waals surface area contributed by atoms with E-state index in [2.05, 4.69) is 10.0 Å². The van der Waals surface area contributed by atoms with Crippen molar-refractivity contribution in [3.8, 4) is 5.75 Å². The molecule has 0 unspecified atom stereocenters. The second kappa shape index (κ2) is 8.21. The van der Waals surface area contributed by atoms with Gasteiger partial charge in [-0.25, -0.2) is 13.1 Å². The zero-order valence-electron chi connectivity index (χ0n) is 13.7. The molecule has 24 heavy (non-hydrogen) atoms. The summed E-state index contributed by atoms with van der Waals surface area (Å²) in [5, 5.41) is 3.53. The predicted octanol–water partition coefficient (Wildman–Crippen LogP) is 2.30. The van der Waals surface area contributed by atoms with Crippen LogP contribution >= 0.6 is 23.2 Å². The van der Waals surface area contributed by atoms with Gasteiger partial charge in [0.15, 0.2) is 0 Å². The summed E-state index contributed by atoms with van der Waals surface area (Å²) in [6.07, 6.45) is 1.67. The summed E-state index contributed by atoms with van der Waals surface area (Å²) in [6.45, 7) is 2.44. The lowest BCUT2D eigenvalue weighted by molar-refractivity contribution is 0.0577. The second-order valence-electron chi connectivity index (χ2n) is 5.92. The Morgan fingerprint density at radius 3 is 2.46 bits per heavy atom. The van der Waals surface area contributed by atoms with E-state index >= 15 is 0 Å². The van der Waals surface area contributed by atoms with E-state index in [1.807, 2.05) is 0 Å². The minimum atomic E-state index is -3.79. The lowest BCUT2D eigenvalue weighted by Crippen LogP contribution is -2.47. The standard InChI is InChI=1S/C15H22Cl2N2O4S/c1-22-10-15(3-5-18-6-4-15)9-19-24(20,21)14-8-11(16)13(23-2)7-12(14)17/h7-8,18-19H,3-6,9-10H2,1-2H3. The molecular weight excluding hydrogens is 375 g/mol. The minimum Gasteiger partial charge on any atom is -0.495 e. The van der Waals surface area contributed by atoms with Gasteiger partial charge in [0.2, 0.25) is 10.0 Å². The number of hydrogen-bond acceptors (Lipinski definition) is 5. The van der Waals surface area contributed by atoms with Crippen LogP contribution in [0, 0.1) is 5.41 Å². The number of nitrogens with one attached hydrogen (secondary N) is 2. The van der Waals surface area contributed by atoms with Gasteiger partial charge in [0.25, 0.3) is 0 Å². The van der Waals surface area contributed by atoms with Crippen LogP contribution < -0.4 is 14.8 Å². The predicted molar refractivity (Wildman–Crippen MR) is 94.6 cm³/mol. The first-order chi connectivity index (χ1) is 11.3. The molecule has 1 aliphatic rings. The van der Waals surface area contributed by atoms with Gasteiger partial charge in [-0.15, -0.1) is 0 Å². The summed E-state index contributed by atoms with van der Waals surface area (Å²) in [7, 11) is -0.729. The fourth-order valence-corrected chi connectivity index (χ4v) is 4.84. The highest BCUT2D eigenvalue weighted by molar-refractivity contribution is 7.89. The molecule has 136 valence electrons. The number of rotatable bonds is 7. The van der Waals surface area contributed by atoms with E-state index in [0.717, 1.165) is 25.9 Å². The van der Waals surface area contributed by atoms with E-state index in [9.17, 15) is 8.42 Å². The number of methoxy groups -OCH3 is 2. The lowest BCUT2D eigenvalue weighted by atomic mass is 9.80.